The van der Waals surface area contributed by atoms with E-state index < -0.39 is 10.0 Å². The van der Waals surface area contributed by atoms with Crippen molar-refractivity contribution in [3.8, 4) is 0 Å². The lowest BCUT2D eigenvalue weighted by Crippen LogP contribution is -2.25. The predicted molar refractivity (Wildman–Crippen MR) is 100 cm³/mol. The molecule has 0 saturated heterocycles. The van der Waals surface area contributed by atoms with E-state index in [1.54, 1.807) is 30.5 Å². The highest BCUT2D eigenvalue weighted by Crippen LogP contribution is 2.26. The highest BCUT2D eigenvalue weighted by atomic mass is 35.5. The van der Waals surface area contributed by atoms with Gasteiger partial charge in [0.15, 0.2) is 0 Å². The van der Waals surface area contributed by atoms with E-state index in [4.69, 9.17) is 23.2 Å². The van der Waals surface area contributed by atoms with Crippen molar-refractivity contribution in [2.24, 2.45) is 0 Å². The number of aromatic nitrogens is 2. The second-order valence-corrected chi connectivity index (χ2v) is 7.74. The van der Waals surface area contributed by atoms with Gasteiger partial charge in [0, 0.05) is 28.5 Å². The summed E-state index contributed by atoms with van der Waals surface area (Å²) in [4.78, 5) is 0.174. The number of hydrogen-bond acceptors (Lipinski definition) is 5. The molecule has 0 aliphatic heterocycles. The first-order valence-corrected chi connectivity index (χ1v) is 9.73. The number of sulfonamides is 1. The van der Waals surface area contributed by atoms with Crippen molar-refractivity contribution in [1.82, 2.24) is 14.9 Å². The third-order valence-corrected chi connectivity index (χ3v) is 5.33. The van der Waals surface area contributed by atoms with Crippen LogP contribution in [-0.4, -0.2) is 31.0 Å². The Hall–Kier alpha value is -1.93. The first-order chi connectivity index (χ1) is 12.0. The van der Waals surface area contributed by atoms with Crippen LogP contribution in [0.4, 0.5) is 11.4 Å². The minimum absolute atomic E-state index is 0.174. The Balaban J connectivity index is 1.85. The smallest absolute Gasteiger partial charge is 0.240 e. The number of halogens is 2. The molecule has 0 aliphatic rings. The maximum Gasteiger partial charge on any atom is 0.240 e. The van der Waals surface area contributed by atoms with Crippen molar-refractivity contribution in [2.45, 2.75) is 4.90 Å². The zero-order chi connectivity index (χ0) is 17.9. The van der Waals surface area contributed by atoms with Crippen LogP contribution in [-0.2, 0) is 10.0 Å². The SMILES string of the molecule is O=S(=O)(NCCCl)c1ccc(Nc2cnnc3cc(Cl)ccc23)cc1. The van der Waals surface area contributed by atoms with Gasteiger partial charge in [-0.25, -0.2) is 13.1 Å². The van der Waals surface area contributed by atoms with Gasteiger partial charge in [0.2, 0.25) is 10.0 Å². The Kier molecular flexibility index (Phi) is 5.39. The maximum atomic E-state index is 12.0. The summed E-state index contributed by atoms with van der Waals surface area (Å²) in [6, 6.07) is 11.7. The number of benzene rings is 2. The molecule has 0 bridgehead atoms. The molecule has 0 amide bonds. The Bertz CT molecular complexity index is 995. The minimum Gasteiger partial charge on any atom is -0.354 e. The lowest BCUT2D eigenvalue weighted by Gasteiger charge is -2.10. The number of hydrogen-bond donors (Lipinski definition) is 2. The number of anilines is 2. The van der Waals surface area contributed by atoms with E-state index in [-0.39, 0.29) is 17.3 Å². The fourth-order valence-corrected chi connectivity index (χ4v) is 3.67. The van der Waals surface area contributed by atoms with Crippen molar-refractivity contribution in [3.05, 3.63) is 53.7 Å². The largest absolute Gasteiger partial charge is 0.354 e. The van der Waals surface area contributed by atoms with Gasteiger partial charge >= 0.3 is 0 Å². The second kappa shape index (κ2) is 7.53. The van der Waals surface area contributed by atoms with Gasteiger partial charge in [0.05, 0.1) is 22.3 Å². The van der Waals surface area contributed by atoms with Crippen molar-refractivity contribution in [2.75, 3.05) is 17.7 Å². The van der Waals surface area contributed by atoms with E-state index in [9.17, 15) is 8.42 Å². The van der Waals surface area contributed by atoms with Crippen LogP contribution in [0.5, 0.6) is 0 Å². The number of nitrogens with zero attached hydrogens (tertiary/aromatic N) is 2. The van der Waals surface area contributed by atoms with Crippen LogP contribution in [0, 0.1) is 0 Å². The van der Waals surface area contributed by atoms with E-state index in [1.165, 1.54) is 12.1 Å². The molecule has 1 aromatic heterocycles. The molecule has 3 rings (SSSR count). The van der Waals surface area contributed by atoms with Gasteiger partial charge in [-0.1, -0.05) is 11.6 Å². The van der Waals surface area contributed by atoms with E-state index >= 15 is 0 Å². The summed E-state index contributed by atoms with van der Waals surface area (Å²) in [6.07, 6.45) is 1.60. The van der Waals surface area contributed by atoms with E-state index in [0.29, 0.717) is 10.5 Å². The third-order valence-electron chi connectivity index (χ3n) is 3.43. The van der Waals surface area contributed by atoms with Gasteiger partial charge < -0.3 is 5.32 Å². The second-order valence-electron chi connectivity index (χ2n) is 5.16. The lowest BCUT2D eigenvalue weighted by atomic mass is 10.2. The molecule has 6 nitrogen and oxygen atoms in total. The van der Waals surface area contributed by atoms with Crippen molar-refractivity contribution in [1.29, 1.82) is 0 Å². The van der Waals surface area contributed by atoms with Crippen molar-refractivity contribution < 1.29 is 8.42 Å². The van der Waals surface area contributed by atoms with Crippen LogP contribution in [0.3, 0.4) is 0 Å². The van der Waals surface area contributed by atoms with Crippen molar-refractivity contribution in [3.63, 3.8) is 0 Å². The zero-order valence-electron chi connectivity index (χ0n) is 12.9. The summed E-state index contributed by atoms with van der Waals surface area (Å²) < 4.78 is 26.5. The quantitative estimate of drug-likeness (QED) is 0.622. The summed E-state index contributed by atoms with van der Waals surface area (Å²) in [6.45, 7) is 0.182. The molecule has 0 spiro atoms. The van der Waals surface area contributed by atoms with E-state index in [1.807, 2.05) is 6.07 Å². The average Bonchev–Trinajstić information content (AvgIpc) is 2.60. The molecule has 0 fully saturated rings. The monoisotopic (exact) mass is 396 g/mol. The Morgan fingerprint density at radius 1 is 1.08 bits per heavy atom. The molecule has 1 heterocycles. The molecule has 130 valence electrons. The highest BCUT2D eigenvalue weighted by molar-refractivity contribution is 7.89. The molecule has 3 aromatic rings. The van der Waals surface area contributed by atoms with Gasteiger partial charge in [-0.05, 0) is 42.5 Å². The average molecular weight is 397 g/mol. The van der Waals surface area contributed by atoms with Crippen LogP contribution < -0.4 is 10.0 Å². The van der Waals surface area contributed by atoms with E-state index in [2.05, 4.69) is 20.2 Å². The molecule has 25 heavy (non-hydrogen) atoms. The van der Waals surface area contributed by atoms with Crippen LogP contribution in [0.15, 0.2) is 53.6 Å². The van der Waals surface area contributed by atoms with Gasteiger partial charge in [0.25, 0.3) is 0 Å². The fourth-order valence-electron chi connectivity index (χ4n) is 2.26. The van der Waals surface area contributed by atoms with Crippen LogP contribution in [0.2, 0.25) is 5.02 Å². The fraction of sp³-hybridized carbons (Fsp3) is 0.125. The molecular weight excluding hydrogens is 383 g/mol. The third kappa shape index (κ3) is 4.19. The summed E-state index contributed by atoms with van der Waals surface area (Å²) >= 11 is 11.5. The standard InChI is InChI=1S/C16H14Cl2N4O2S/c17-7-8-20-25(23,24)13-4-2-12(3-5-13)21-16-10-19-22-15-9-11(18)1-6-14(15)16/h1-6,9-10,20H,7-8H2,(H,21,22). The first-order valence-electron chi connectivity index (χ1n) is 7.33. The molecule has 0 saturated carbocycles. The molecule has 2 aromatic carbocycles. The molecule has 9 heteroatoms. The van der Waals surface area contributed by atoms with Crippen LogP contribution in [0.25, 0.3) is 10.9 Å². The Morgan fingerprint density at radius 3 is 2.56 bits per heavy atom. The van der Waals surface area contributed by atoms with E-state index in [0.717, 1.165) is 16.8 Å². The molecule has 0 unspecified atom stereocenters. The van der Waals surface area contributed by atoms with Crippen molar-refractivity contribution >= 4 is 55.5 Å². The summed E-state index contributed by atoms with van der Waals surface area (Å²) in [5, 5.41) is 12.6. The topological polar surface area (TPSA) is 84.0 Å². The summed E-state index contributed by atoms with van der Waals surface area (Å²) in [5.41, 5.74) is 2.14. The molecule has 0 radical (unpaired) electrons. The van der Waals surface area contributed by atoms with Crippen LogP contribution in [0.1, 0.15) is 0 Å². The predicted octanol–water partition coefficient (Wildman–Crippen LogP) is 3.54. The molecule has 0 aliphatic carbocycles. The molecular formula is C16H14Cl2N4O2S. The summed E-state index contributed by atoms with van der Waals surface area (Å²) in [5.74, 6) is 0.213. The van der Waals surface area contributed by atoms with Gasteiger partial charge in [-0.3, -0.25) is 0 Å². The number of alkyl halides is 1. The molecule has 0 atom stereocenters. The molecule has 2 N–H and O–H groups in total. The first kappa shape index (κ1) is 17.9. The number of nitrogens with one attached hydrogen (secondary N) is 2. The van der Waals surface area contributed by atoms with Gasteiger partial charge in [0.1, 0.15) is 0 Å². The highest BCUT2D eigenvalue weighted by Gasteiger charge is 2.13. The van der Waals surface area contributed by atoms with Crippen LogP contribution >= 0.6 is 23.2 Å². The normalized spacial score (nSPS) is 11.6. The lowest BCUT2D eigenvalue weighted by molar-refractivity contribution is 0.584. The zero-order valence-corrected chi connectivity index (χ0v) is 15.2. The Labute approximate surface area is 155 Å². The minimum atomic E-state index is -3.55. The maximum absolute atomic E-state index is 12.0. The Morgan fingerprint density at radius 2 is 1.84 bits per heavy atom. The number of fused-ring (bicyclic) bond motifs is 1. The summed E-state index contributed by atoms with van der Waals surface area (Å²) in [7, 11) is -3.55. The van der Waals surface area contributed by atoms with Gasteiger partial charge in [-0.15, -0.1) is 11.6 Å². The van der Waals surface area contributed by atoms with Gasteiger partial charge in [-0.2, -0.15) is 10.2 Å². The number of rotatable bonds is 6.